The van der Waals surface area contributed by atoms with E-state index in [0.29, 0.717) is 5.69 Å². The number of alkyl halides is 2. The molecule has 0 spiro atoms. The molecule has 8 heteroatoms. The van der Waals surface area contributed by atoms with E-state index >= 15 is 0 Å². The molecule has 0 fully saturated rings. The number of nitrogens with zero attached hydrogens (tertiary/aromatic N) is 3. The van der Waals surface area contributed by atoms with Crippen LogP contribution in [0.4, 0.5) is 19.1 Å². The maximum Gasteiger partial charge on any atom is 0.281 e. The highest BCUT2D eigenvalue weighted by Gasteiger charge is 2.20. The molecule has 0 aliphatic carbocycles. The van der Waals surface area contributed by atoms with E-state index in [1.54, 1.807) is 19.1 Å². The summed E-state index contributed by atoms with van der Waals surface area (Å²) in [4.78, 5) is 7.88. The number of benzene rings is 1. The second-order valence-electron chi connectivity index (χ2n) is 5.11. The molecule has 0 bridgehead atoms. The van der Waals surface area contributed by atoms with E-state index in [0.717, 1.165) is 5.56 Å². The molecule has 0 saturated heterocycles. The Morgan fingerprint density at radius 3 is 2.58 bits per heavy atom. The number of halogens is 3. The van der Waals surface area contributed by atoms with Crippen molar-refractivity contribution in [3.8, 4) is 11.3 Å². The molecule has 3 rings (SSSR count). The maximum absolute atomic E-state index is 13.3. The summed E-state index contributed by atoms with van der Waals surface area (Å²) in [5.74, 6) is -0.107. The van der Waals surface area contributed by atoms with Crippen LogP contribution in [0.25, 0.3) is 11.3 Å². The van der Waals surface area contributed by atoms with Crippen LogP contribution in [-0.2, 0) is 6.54 Å². The highest BCUT2D eigenvalue weighted by molar-refractivity contribution is 5.60. The van der Waals surface area contributed by atoms with Crippen LogP contribution in [-0.4, -0.2) is 15.1 Å². The minimum absolute atomic E-state index is 0.0506. The van der Waals surface area contributed by atoms with Gasteiger partial charge in [-0.25, -0.2) is 23.1 Å². The Labute approximate surface area is 135 Å². The zero-order valence-corrected chi connectivity index (χ0v) is 12.6. The number of anilines is 1. The van der Waals surface area contributed by atoms with Gasteiger partial charge < -0.3 is 9.84 Å². The molecule has 0 atom stereocenters. The number of aryl methyl sites for hydroxylation is 1. The number of hydrogen-bond donors (Lipinski definition) is 1. The molecule has 1 aromatic carbocycles. The first-order chi connectivity index (χ1) is 11.5. The molecule has 0 unspecified atom stereocenters. The summed E-state index contributed by atoms with van der Waals surface area (Å²) in [5, 5.41) is 6.51. The topological polar surface area (TPSA) is 63.8 Å². The number of nitrogens with one attached hydrogen (secondary N) is 1. The van der Waals surface area contributed by atoms with E-state index in [1.165, 1.54) is 24.4 Å². The van der Waals surface area contributed by atoms with Crippen LogP contribution in [0.2, 0.25) is 0 Å². The lowest BCUT2D eigenvalue weighted by Gasteiger charge is -2.09. The van der Waals surface area contributed by atoms with Crippen molar-refractivity contribution in [3.05, 3.63) is 59.3 Å². The molecule has 24 heavy (non-hydrogen) atoms. The highest BCUT2D eigenvalue weighted by atomic mass is 19.3. The summed E-state index contributed by atoms with van der Waals surface area (Å²) < 4.78 is 44.4. The molecule has 0 radical (unpaired) electrons. The van der Waals surface area contributed by atoms with Gasteiger partial charge in [0.15, 0.2) is 5.76 Å². The fourth-order valence-corrected chi connectivity index (χ4v) is 2.11. The van der Waals surface area contributed by atoms with Crippen molar-refractivity contribution in [1.29, 1.82) is 0 Å². The van der Waals surface area contributed by atoms with Gasteiger partial charge in [-0.3, -0.25) is 0 Å². The van der Waals surface area contributed by atoms with Gasteiger partial charge >= 0.3 is 0 Å². The van der Waals surface area contributed by atoms with Gasteiger partial charge in [-0.15, -0.1) is 0 Å². The predicted molar refractivity (Wildman–Crippen MR) is 80.9 cm³/mol. The first-order valence-corrected chi connectivity index (χ1v) is 7.10. The van der Waals surface area contributed by atoms with Crippen LogP contribution in [0.5, 0.6) is 0 Å². The van der Waals surface area contributed by atoms with Crippen molar-refractivity contribution < 1.29 is 17.7 Å². The Bertz CT molecular complexity index is 834. The second kappa shape index (κ2) is 6.69. The Morgan fingerprint density at radius 2 is 1.96 bits per heavy atom. The molecule has 0 saturated carbocycles. The van der Waals surface area contributed by atoms with E-state index in [-0.39, 0.29) is 29.6 Å². The lowest BCUT2D eigenvalue weighted by molar-refractivity contribution is 0.146. The SMILES string of the molecule is Cc1cc(-c2cnc(NCc3ccc(F)cc3)nc2C(F)F)on1. The van der Waals surface area contributed by atoms with Crippen molar-refractivity contribution in [1.82, 2.24) is 15.1 Å². The third kappa shape index (κ3) is 3.53. The number of aromatic nitrogens is 3. The second-order valence-corrected chi connectivity index (χ2v) is 5.11. The molecular weight excluding hydrogens is 321 g/mol. The summed E-state index contributed by atoms with van der Waals surface area (Å²) in [7, 11) is 0. The normalized spacial score (nSPS) is 11.0. The molecule has 2 heterocycles. The fourth-order valence-electron chi connectivity index (χ4n) is 2.11. The van der Waals surface area contributed by atoms with Crippen LogP contribution in [0.15, 0.2) is 41.1 Å². The molecule has 0 aliphatic heterocycles. The van der Waals surface area contributed by atoms with Gasteiger partial charge in [0, 0.05) is 18.8 Å². The van der Waals surface area contributed by atoms with Gasteiger partial charge in [-0.1, -0.05) is 17.3 Å². The molecule has 3 aromatic rings. The van der Waals surface area contributed by atoms with Crippen molar-refractivity contribution in [2.75, 3.05) is 5.32 Å². The van der Waals surface area contributed by atoms with E-state index in [4.69, 9.17) is 4.52 Å². The molecule has 0 amide bonds. The molecule has 5 nitrogen and oxygen atoms in total. The molecule has 124 valence electrons. The maximum atomic E-state index is 13.3. The number of hydrogen-bond acceptors (Lipinski definition) is 5. The van der Waals surface area contributed by atoms with Crippen LogP contribution in [0, 0.1) is 12.7 Å². The highest BCUT2D eigenvalue weighted by Crippen LogP contribution is 2.30. The Kier molecular flexibility index (Phi) is 4.45. The van der Waals surface area contributed by atoms with Gasteiger partial charge in [0.05, 0.1) is 11.3 Å². The smallest absolute Gasteiger partial charge is 0.281 e. The van der Waals surface area contributed by atoms with E-state index < -0.39 is 12.1 Å². The monoisotopic (exact) mass is 334 g/mol. The molecule has 1 N–H and O–H groups in total. The van der Waals surface area contributed by atoms with Gasteiger partial charge in [0.25, 0.3) is 6.43 Å². The predicted octanol–water partition coefficient (Wildman–Crippen LogP) is 4.13. The summed E-state index contributed by atoms with van der Waals surface area (Å²) in [5.41, 5.74) is 0.998. The first-order valence-electron chi connectivity index (χ1n) is 7.10. The van der Waals surface area contributed by atoms with Crippen LogP contribution in [0.1, 0.15) is 23.4 Å². The van der Waals surface area contributed by atoms with Gasteiger partial charge in [-0.2, -0.15) is 0 Å². The Balaban J connectivity index is 1.82. The van der Waals surface area contributed by atoms with Crippen LogP contribution < -0.4 is 5.32 Å². The zero-order chi connectivity index (χ0) is 17.1. The average Bonchev–Trinajstić information content (AvgIpc) is 3.00. The molecular formula is C16H13F3N4O. The van der Waals surface area contributed by atoms with E-state index in [9.17, 15) is 13.2 Å². The van der Waals surface area contributed by atoms with Crippen LogP contribution >= 0.6 is 0 Å². The largest absolute Gasteiger partial charge is 0.356 e. The van der Waals surface area contributed by atoms with Crippen LogP contribution in [0.3, 0.4) is 0 Å². The average molecular weight is 334 g/mol. The minimum atomic E-state index is -2.79. The van der Waals surface area contributed by atoms with E-state index in [2.05, 4.69) is 20.4 Å². The zero-order valence-electron chi connectivity index (χ0n) is 12.6. The minimum Gasteiger partial charge on any atom is -0.356 e. The van der Waals surface area contributed by atoms with Gasteiger partial charge in [0.1, 0.15) is 11.5 Å². The summed E-state index contributed by atoms with van der Waals surface area (Å²) in [6.07, 6.45) is -1.53. The van der Waals surface area contributed by atoms with Gasteiger partial charge in [0.2, 0.25) is 5.95 Å². The van der Waals surface area contributed by atoms with Crippen molar-refractivity contribution in [2.24, 2.45) is 0 Å². The fraction of sp³-hybridized carbons (Fsp3) is 0.188. The lowest BCUT2D eigenvalue weighted by Crippen LogP contribution is -2.06. The third-order valence-corrected chi connectivity index (χ3v) is 3.28. The lowest BCUT2D eigenvalue weighted by atomic mass is 10.2. The van der Waals surface area contributed by atoms with Gasteiger partial charge in [-0.05, 0) is 24.6 Å². The third-order valence-electron chi connectivity index (χ3n) is 3.28. The van der Waals surface area contributed by atoms with Crippen molar-refractivity contribution >= 4 is 5.95 Å². The van der Waals surface area contributed by atoms with Crippen molar-refractivity contribution in [3.63, 3.8) is 0 Å². The summed E-state index contributed by atoms with van der Waals surface area (Å²) >= 11 is 0. The standard InChI is InChI=1S/C16H13F3N4O/c1-9-6-13(24-23-9)12-8-21-16(22-14(12)15(18)19)20-7-10-2-4-11(17)5-3-10/h2-6,8,15H,7H2,1H3,(H,20,21,22). The quantitative estimate of drug-likeness (QED) is 0.760. The van der Waals surface area contributed by atoms with E-state index in [1.807, 2.05) is 0 Å². The summed E-state index contributed by atoms with van der Waals surface area (Å²) in [6, 6.07) is 7.34. The Morgan fingerprint density at radius 1 is 1.21 bits per heavy atom. The van der Waals surface area contributed by atoms with Crippen molar-refractivity contribution in [2.45, 2.75) is 19.9 Å². The Hall–Kier alpha value is -2.90. The first kappa shape index (κ1) is 16.0. The number of rotatable bonds is 5. The molecule has 0 aliphatic rings. The molecule has 2 aromatic heterocycles. The summed E-state index contributed by atoms with van der Waals surface area (Å²) in [6.45, 7) is 1.97.